The summed E-state index contributed by atoms with van der Waals surface area (Å²) < 4.78 is 27.7. The van der Waals surface area contributed by atoms with Crippen LogP contribution in [-0.2, 0) is 21.2 Å². The third-order valence-corrected chi connectivity index (χ3v) is 6.53. The summed E-state index contributed by atoms with van der Waals surface area (Å²) in [6.45, 7) is 1.73. The molecule has 142 valence electrons. The quantitative estimate of drug-likeness (QED) is 0.736. The molecule has 0 aliphatic carbocycles. The van der Waals surface area contributed by atoms with Crippen LogP contribution in [0.1, 0.15) is 12.5 Å². The van der Waals surface area contributed by atoms with Gasteiger partial charge in [0, 0.05) is 17.3 Å². The molecule has 7 heteroatoms. The topological polar surface area (TPSA) is 79.4 Å². The molecule has 0 unspecified atom stereocenters. The number of hydrogen-bond donors (Lipinski definition) is 1. The van der Waals surface area contributed by atoms with Crippen molar-refractivity contribution < 1.29 is 13.2 Å². The normalized spacial score (nSPS) is 14.1. The maximum Gasteiger partial charge on any atom is 0.265 e. The van der Waals surface area contributed by atoms with E-state index in [0.29, 0.717) is 16.9 Å². The Labute approximate surface area is 163 Å². The van der Waals surface area contributed by atoms with Gasteiger partial charge in [-0.2, -0.15) is 0 Å². The molecule has 2 aromatic carbocycles. The summed E-state index contributed by atoms with van der Waals surface area (Å²) in [6.07, 6.45) is 3.95. The molecule has 1 aromatic heterocycles. The fourth-order valence-corrected chi connectivity index (χ4v) is 4.99. The van der Waals surface area contributed by atoms with Crippen LogP contribution in [0, 0.1) is 0 Å². The highest BCUT2D eigenvalue weighted by atomic mass is 32.2. The monoisotopic (exact) mass is 393 g/mol. The highest BCUT2D eigenvalue weighted by Gasteiger charge is 2.35. The second kappa shape index (κ2) is 7.09. The molecule has 1 N–H and O–H groups in total. The molecule has 0 saturated carbocycles. The van der Waals surface area contributed by atoms with E-state index in [-0.39, 0.29) is 11.4 Å². The number of rotatable bonds is 4. The van der Waals surface area contributed by atoms with E-state index >= 15 is 0 Å². The van der Waals surface area contributed by atoms with Crippen molar-refractivity contribution in [2.75, 3.05) is 16.2 Å². The van der Waals surface area contributed by atoms with Crippen LogP contribution in [-0.4, -0.2) is 25.9 Å². The van der Waals surface area contributed by atoms with E-state index < -0.39 is 15.9 Å². The molecular weight excluding hydrogens is 374 g/mol. The van der Waals surface area contributed by atoms with Gasteiger partial charge in [-0.25, -0.2) is 8.42 Å². The number of carbonyl (C=O) groups excluding carboxylic acids is 1. The Morgan fingerprint density at radius 1 is 1.07 bits per heavy atom. The third-order valence-electron chi connectivity index (χ3n) is 4.72. The number of benzene rings is 2. The van der Waals surface area contributed by atoms with Crippen LogP contribution in [0.2, 0.25) is 0 Å². The lowest BCUT2D eigenvalue weighted by Gasteiger charge is -2.32. The van der Waals surface area contributed by atoms with Gasteiger partial charge in [-0.1, -0.05) is 31.2 Å². The van der Waals surface area contributed by atoms with E-state index in [1.807, 2.05) is 25.1 Å². The second-order valence-electron chi connectivity index (χ2n) is 6.50. The zero-order valence-corrected chi connectivity index (χ0v) is 16.1. The fourth-order valence-electron chi connectivity index (χ4n) is 3.34. The molecule has 1 amide bonds. The Hall–Kier alpha value is -3.19. The lowest BCUT2D eigenvalue weighted by atomic mass is 9.99. The van der Waals surface area contributed by atoms with Crippen molar-refractivity contribution in [3.8, 4) is 11.1 Å². The van der Waals surface area contributed by atoms with Crippen molar-refractivity contribution in [1.29, 1.82) is 0 Å². The number of anilines is 2. The molecule has 1 aliphatic rings. The first-order chi connectivity index (χ1) is 13.5. The van der Waals surface area contributed by atoms with Crippen molar-refractivity contribution in [3.05, 3.63) is 72.6 Å². The highest BCUT2D eigenvalue weighted by molar-refractivity contribution is 7.93. The predicted molar refractivity (Wildman–Crippen MR) is 109 cm³/mol. The Morgan fingerprint density at radius 2 is 1.89 bits per heavy atom. The Bertz CT molecular complexity index is 1140. The number of amides is 1. The molecule has 28 heavy (non-hydrogen) atoms. The van der Waals surface area contributed by atoms with Crippen LogP contribution in [0.4, 0.5) is 11.4 Å². The van der Waals surface area contributed by atoms with Crippen LogP contribution in [0.5, 0.6) is 0 Å². The summed E-state index contributed by atoms with van der Waals surface area (Å²) in [5.41, 5.74) is 3.62. The first-order valence-corrected chi connectivity index (χ1v) is 10.4. The number of carbonyl (C=O) groups is 1. The molecule has 6 nitrogen and oxygen atoms in total. The van der Waals surface area contributed by atoms with Gasteiger partial charge in [-0.3, -0.25) is 14.1 Å². The SMILES string of the molecule is CCc1ccc2c(c1)-c1ccccc1S(=O)(=O)N2CC(=O)Nc1cccnc1. The van der Waals surface area contributed by atoms with E-state index in [0.717, 1.165) is 17.5 Å². The maximum atomic E-state index is 13.2. The van der Waals surface area contributed by atoms with Gasteiger partial charge in [0.2, 0.25) is 5.91 Å². The summed E-state index contributed by atoms with van der Waals surface area (Å²) >= 11 is 0. The van der Waals surface area contributed by atoms with Crippen LogP contribution >= 0.6 is 0 Å². The molecule has 0 saturated heterocycles. The molecular formula is C21H19N3O3S. The number of nitrogens with zero attached hydrogens (tertiary/aromatic N) is 2. The first kappa shape index (κ1) is 18.2. The fraction of sp³-hybridized carbons (Fsp3) is 0.143. The van der Waals surface area contributed by atoms with Gasteiger partial charge < -0.3 is 5.32 Å². The molecule has 0 spiro atoms. The Kier molecular flexibility index (Phi) is 4.60. The van der Waals surface area contributed by atoms with E-state index in [1.165, 1.54) is 10.5 Å². The minimum atomic E-state index is -3.85. The van der Waals surface area contributed by atoms with Crippen LogP contribution in [0.15, 0.2) is 71.9 Å². The zero-order chi connectivity index (χ0) is 19.7. The van der Waals surface area contributed by atoms with Gasteiger partial charge in [0.05, 0.1) is 22.5 Å². The lowest BCUT2D eigenvalue weighted by molar-refractivity contribution is -0.114. The van der Waals surface area contributed by atoms with E-state index in [1.54, 1.807) is 42.6 Å². The summed E-state index contributed by atoms with van der Waals surface area (Å²) in [6, 6.07) is 16.0. The van der Waals surface area contributed by atoms with Gasteiger partial charge in [0.15, 0.2) is 0 Å². The predicted octanol–water partition coefficient (Wildman–Crippen LogP) is 3.46. The van der Waals surface area contributed by atoms with Gasteiger partial charge >= 0.3 is 0 Å². The largest absolute Gasteiger partial charge is 0.323 e. The van der Waals surface area contributed by atoms with Crippen molar-refractivity contribution in [3.63, 3.8) is 0 Å². The van der Waals surface area contributed by atoms with Gasteiger partial charge in [0.25, 0.3) is 10.0 Å². The molecule has 1 aliphatic heterocycles. The number of fused-ring (bicyclic) bond motifs is 3. The van der Waals surface area contributed by atoms with Crippen LogP contribution in [0.25, 0.3) is 11.1 Å². The van der Waals surface area contributed by atoms with Crippen molar-refractivity contribution >= 4 is 27.3 Å². The average molecular weight is 393 g/mol. The number of hydrogen-bond acceptors (Lipinski definition) is 4. The Balaban J connectivity index is 1.76. The standard InChI is InChI=1S/C21H19N3O3S/c1-2-15-9-10-19-18(12-15)17-7-3-4-8-20(17)28(26,27)24(19)14-21(25)23-16-6-5-11-22-13-16/h3-13H,2,14H2,1H3,(H,23,25). The van der Waals surface area contributed by atoms with Crippen LogP contribution < -0.4 is 9.62 Å². The lowest BCUT2D eigenvalue weighted by Crippen LogP contribution is -2.40. The summed E-state index contributed by atoms with van der Waals surface area (Å²) in [5, 5.41) is 2.70. The van der Waals surface area contributed by atoms with Gasteiger partial charge in [-0.15, -0.1) is 0 Å². The molecule has 3 aromatic rings. The van der Waals surface area contributed by atoms with E-state index in [9.17, 15) is 13.2 Å². The number of sulfonamides is 1. The third kappa shape index (κ3) is 3.14. The number of aromatic nitrogens is 1. The highest BCUT2D eigenvalue weighted by Crippen LogP contribution is 2.43. The number of pyridine rings is 1. The van der Waals surface area contributed by atoms with Crippen LogP contribution in [0.3, 0.4) is 0 Å². The van der Waals surface area contributed by atoms with E-state index in [2.05, 4.69) is 10.3 Å². The minimum Gasteiger partial charge on any atom is -0.323 e. The smallest absolute Gasteiger partial charge is 0.265 e. The number of nitrogens with one attached hydrogen (secondary N) is 1. The van der Waals surface area contributed by atoms with Crippen molar-refractivity contribution in [1.82, 2.24) is 4.98 Å². The molecule has 4 rings (SSSR count). The average Bonchev–Trinajstić information content (AvgIpc) is 2.71. The molecule has 2 heterocycles. The second-order valence-corrected chi connectivity index (χ2v) is 8.33. The minimum absolute atomic E-state index is 0.213. The molecule has 0 fully saturated rings. The Morgan fingerprint density at radius 3 is 2.64 bits per heavy atom. The maximum absolute atomic E-state index is 13.2. The summed E-state index contributed by atoms with van der Waals surface area (Å²) in [5.74, 6) is -0.429. The first-order valence-electron chi connectivity index (χ1n) is 8.95. The van der Waals surface area contributed by atoms with Gasteiger partial charge in [-0.05, 0) is 42.3 Å². The zero-order valence-electron chi connectivity index (χ0n) is 15.3. The van der Waals surface area contributed by atoms with Crippen molar-refractivity contribution in [2.45, 2.75) is 18.2 Å². The van der Waals surface area contributed by atoms with Crippen molar-refractivity contribution in [2.24, 2.45) is 0 Å². The summed E-state index contributed by atoms with van der Waals surface area (Å²) in [7, 11) is -3.85. The molecule has 0 atom stereocenters. The summed E-state index contributed by atoms with van der Waals surface area (Å²) in [4.78, 5) is 16.7. The molecule has 0 bridgehead atoms. The molecule has 0 radical (unpaired) electrons. The van der Waals surface area contributed by atoms with Gasteiger partial charge in [0.1, 0.15) is 6.54 Å². The number of aryl methyl sites for hydroxylation is 1. The van der Waals surface area contributed by atoms with E-state index in [4.69, 9.17) is 0 Å².